The monoisotopic (exact) mass is 398 g/mol. The molecule has 6 nitrogen and oxygen atoms in total. The van der Waals surface area contributed by atoms with E-state index in [0.29, 0.717) is 19.6 Å². The van der Waals surface area contributed by atoms with Crippen LogP contribution < -0.4 is 14.8 Å². The first kappa shape index (κ1) is 18.4. The first-order valence-corrected chi connectivity index (χ1v) is 9.98. The lowest BCUT2D eigenvalue weighted by atomic mass is 10.1. The Hall–Kier alpha value is -3.64. The first-order valence-electron chi connectivity index (χ1n) is 9.98. The van der Waals surface area contributed by atoms with Gasteiger partial charge in [-0.2, -0.15) is 15.0 Å². The van der Waals surface area contributed by atoms with Crippen LogP contribution in [0.3, 0.4) is 0 Å². The van der Waals surface area contributed by atoms with Crippen LogP contribution in [0.2, 0.25) is 0 Å². The largest absolute Gasteiger partial charge is 0.454 e. The quantitative estimate of drug-likeness (QED) is 0.510. The lowest BCUT2D eigenvalue weighted by Gasteiger charge is -2.05. The third-order valence-electron chi connectivity index (χ3n) is 5.00. The molecule has 0 bridgehead atoms. The van der Waals surface area contributed by atoms with Gasteiger partial charge < -0.3 is 14.8 Å². The van der Waals surface area contributed by atoms with Crippen LogP contribution in [-0.4, -0.2) is 21.8 Å². The highest BCUT2D eigenvalue weighted by atomic mass is 16.7. The summed E-state index contributed by atoms with van der Waals surface area (Å²) in [7, 11) is 0. The number of aromatic nitrogens is 3. The summed E-state index contributed by atoms with van der Waals surface area (Å²) in [4.78, 5) is 1.77. The molecule has 0 amide bonds. The van der Waals surface area contributed by atoms with Crippen LogP contribution in [0.4, 0.5) is 0 Å². The molecule has 150 valence electrons. The lowest BCUT2D eigenvalue weighted by molar-refractivity contribution is 0.174. The van der Waals surface area contributed by atoms with Crippen molar-refractivity contribution < 1.29 is 9.47 Å². The number of nitrogens with one attached hydrogen (secondary N) is 1. The predicted molar refractivity (Wildman–Crippen MR) is 114 cm³/mol. The molecule has 1 N–H and O–H groups in total. The standard InChI is InChI=1S/C24H22N4O2/c1-3-7-18(8-4-1)16-28-26-21(24(27-28)20-9-5-2-6-10-20)15-25-14-19-11-12-22-23(13-19)30-17-29-22/h1-13,25H,14-17H2. The van der Waals surface area contributed by atoms with Crippen LogP contribution in [0.5, 0.6) is 11.5 Å². The Balaban J connectivity index is 1.33. The third kappa shape index (κ3) is 4.04. The van der Waals surface area contributed by atoms with Crippen molar-refractivity contribution in [3.8, 4) is 22.8 Å². The molecule has 30 heavy (non-hydrogen) atoms. The minimum Gasteiger partial charge on any atom is -0.454 e. The van der Waals surface area contributed by atoms with Crippen molar-refractivity contribution in [2.24, 2.45) is 0 Å². The van der Waals surface area contributed by atoms with E-state index in [2.05, 4.69) is 29.6 Å². The Kier molecular flexibility index (Phi) is 5.14. The number of nitrogens with zero attached hydrogens (tertiary/aromatic N) is 3. The molecular weight excluding hydrogens is 376 g/mol. The molecule has 1 aliphatic heterocycles. The summed E-state index contributed by atoms with van der Waals surface area (Å²) in [6.07, 6.45) is 0. The predicted octanol–water partition coefficient (Wildman–Crippen LogP) is 4.01. The molecule has 0 saturated heterocycles. The maximum absolute atomic E-state index is 5.46. The van der Waals surface area contributed by atoms with Crippen LogP contribution in [0.25, 0.3) is 11.3 Å². The van der Waals surface area contributed by atoms with E-state index >= 15 is 0 Å². The van der Waals surface area contributed by atoms with Gasteiger partial charge in [-0.15, -0.1) is 0 Å². The van der Waals surface area contributed by atoms with Crippen molar-refractivity contribution in [2.75, 3.05) is 6.79 Å². The van der Waals surface area contributed by atoms with E-state index in [1.165, 1.54) is 5.56 Å². The summed E-state index contributed by atoms with van der Waals surface area (Å²) >= 11 is 0. The minimum absolute atomic E-state index is 0.289. The second kappa shape index (κ2) is 8.39. The van der Waals surface area contributed by atoms with Gasteiger partial charge in [0.2, 0.25) is 6.79 Å². The number of hydrogen-bond donors (Lipinski definition) is 1. The topological polar surface area (TPSA) is 61.2 Å². The molecule has 1 aliphatic rings. The lowest BCUT2D eigenvalue weighted by Crippen LogP contribution is -2.14. The number of hydrogen-bond acceptors (Lipinski definition) is 5. The number of fused-ring (bicyclic) bond motifs is 1. The van der Waals surface area contributed by atoms with E-state index in [4.69, 9.17) is 19.7 Å². The van der Waals surface area contributed by atoms with Crippen molar-refractivity contribution in [3.63, 3.8) is 0 Å². The summed E-state index contributed by atoms with van der Waals surface area (Å²) in [5.74, 6) is 1.60. The average molecular weight is 398 g/mol. The van der Waals surface area contributed by atoms with Gasteiger partial charge in [-0.25, -0.2) is 0 Å². The van der Waals surface area contributed by atoms with E-state index in [1.807, 2.05) is 54.6 Å². The molecule has 4 aromatic rings. The van der Waals surface area contributed by atoms with Gasteiger partial charge in [0, 0.05) is 18.7 Å². The highest BCUT2D eigenvalue weighted by molar-refractivity contribution is 5.60. The zero-order chi connectivity index (χ0) is 20.2. The summed E-state index contributed by atoms with van der Waals surface area (Å²) in [6, 6.07) is 26.5. The molecule has 6 heteroatoms. The highest BCUT2D eigenvalue weighted by Crippen LogP contribution is 2.32. The zero-order valence-electron chi connectivity index (χ0n) is 16.5. The van der Waals surface area contributed by atoms with E-state index < -0.39 is 0 Å². The van der Waals surface area contributed by atoms with E-state index in [9.17, 15) is 0 Å². The average Bonchev–Trinajstić information content (AvgIpc) is 3.42. The SMILES string of the molecule is c1ccc(Cn2nc(CNCc3ccc4c(c3)OCO4)c(-c3ccccc3)n2)cc1. The van der Waals surface area contributed by atoms with Gasteiger partial charge in [-0.1, -0.05) is 66.7 Å². The Bertz CT molecular complexity index is 1130. The molecule has 0 radical (unpaired) electrons. The van der Waals surface area contributed by atoms with Crippen molar-refractivity contribution in [1.29, 1.82) is 0 Å². The summed E-state index contributed by atoms with van der Waals surface area (Å²) in [5.41, 5.74) is 5.21. The van der Waals surface area contributed by atoms with Gasteiger partial charge in [0.1, 0.15) is 11.4 Å². The molecule has 1 aromatic heterocycles. The molecule has 0 saturated carbocycles. The molecule has 5 rings (SSSR count). The van der Waals surface area contributed by atoms with Crippen molar-refractivity contribution in [3.05, 3.63) is 95.7 Å². The van der Waals surface area contributed by atoms with Gasteiger partial charge >= 0.3 is 0 Å². The Morgan fingerprint density at radius 2 is 1.53 bits per heavy atom. The maximum Gasteiger partial charge on any atom is 0.231 e. The Morgan fingerprint density at radius 1 is 0.767 bits per heavy atom. The third-order valence-corrected chi connectivity index (χ3v) is 5.00. The van der Waals surface area contributed by atoms with E-state index in [-0.39, 0.29) is 6.79 Å². The minimum atomic E-state index is 0.289. The summed E-state index contributed by atoms with van der Waals surface area (Å²) < 4.78 is 10.8. The molecule has 2 heterocycles. The van der Waals surface area contributed by atoms with Crippen molar-refractivity contribution in [1.82, 2.24) is 20.3 Å². The number of benzene rings is 3. The Morgan fingerprint density at radius 3 is 2.37 bits per heavy atom. The van der Waals surface area contributed by atoms with Crippen LogP contribution in [-0.2, 0) is 19.6 Å². The molecule has 0 atom stereocenters. The van der Waals surface area contributed by atoms with Gasteiger partial charge in [0.05, 0.1) is 6.54 Å². The van der Waals surface area contributed by atoms with Crippen LogP contribution in [0.1, 0.15) is 16.8 Å². The second-order valence-corrected chi connectivity index (χ2v) is 7.17. The van der Waals surface area contributed by atoms with Gasteiger partial charge in [0.15, 0.2) is 11.5 Å². The first-order chi connectivity index (χ1) is 14.8. The van der Waals surface area contributed by atoms with Gasteiger partial charge in [-0.3, -0.25) is 0 Å². The van der Waals surface area contributed by atoms with Crippen LogP contribution in [0, 0.1) is 0 Å². The molecule has 0 unspecified atom stereocenters. The molecule has 0 spiro atoms. The van der Waals surface area contributed by atoms with Crippen molar-refractivity contribution >= 4 is 0 Å². The number of ether oxygens (including phenoxy) is 2. The van der Waals surface area contributed by atoms with Gasteiger partial charge in [-0.05, 0) is 23.3 Å². The van der Waals surface area contributed by atoms with Crippen molar-refractivity contribution in [2.45, 2.75) is 19.6 Å². The van der Waals surface area contributed by atoms with Crippen LogP contribution in [0.15, 0.2) is 78.9 Å². The number of rotatable bonds is 7. The highest BCUT2D eigenvalue weighted by Gasteiger charge is 2.15. The smallest absolute Gasteiger partial charge is 0.231 e. The molecular formula is C24H22N4O2. The second-order valence-electron chi connectivity index (χ2n) is 7.17. The molecule has 3 aromatic carbocycles. The summed E-state index contributed by atoms with van der Waals surface area (Å²) in [6.45, 7) is 2.25. The van der Waals surface area contributed by atoms with E-state index in [1.54, 1.807) is 4.80 Å². The molecule has 0 aliphatic carbocycles. The van der Waals surface area contributed by atoms with Crippen LogP contribution >= 0.6 is 0 Å². The molecule has 0 fully saturated rings. The fourth-order valence-electron chi connectivity index (χ4n) is 3.52. The Labute approximate surface area is 175 Å². The fourth-order valence-corrected chi connectivity index (χ4v) is 3.52. The fraction of sp³-hybridized carbons (Fsp3) is 0.167. The van der Waals surface area contributed by atoms with Gasteiger partial charge in [0.25, 0.3) is 0 Å². The van der Waals surface area contributed by atoms with E-state index in [0.717, 1.165) is 34.0 Å². The zero-order valence-corrected chi connectivity index (χ0v) is 16.5. The maximum atomic E-state index is 5.46. The summed E-state index contributed by atoms with van der Waals surface area (Å²) in [5, 5.41) is 13.0. The normalized spacial score (nSPS) is 12.3.